The van der Waals surface area contributed by atoms with Crippen LogP contribution < -0.4 is 5.73 Å². The highest BCUT2D eigenvalue weighted by Crippen LogP contribution is 2.24. The largest absolute Gasteiger partial charge is 0.379 e. The number of H-pyrrole nitrogens is 1. The number of nitrogens with one attached hydrogen (secondary N) is 1. The van der Waals surface area contributed by atoms with E-state index in [2.05, 4.69) is 9.97 Å². The molecule has 4 nitrogen and oxygen atoms in total. The molecule has 1 aromatic heterocycles. The molecule has 0 radical (unpaired) electrons. The summed E-state index contributed by atoms with van der Waals surface area (Å²) >= 11 is 0. The second kappa shape index (κ2) is 4.98. The standard InChI is InChI=1S/C8H13N3O.2ClH/c1-6-4-10-7(11-6)8(9)2-3-12-5-8;;/h4H,2-3,5,9H2,1H3,(H,10,11);2*1H. The Morgan fingerprint density at radius 2 is 2.29 bits per heavy atom. The third kappa shape index (κ3) is 2.39. The van der Waals surface area contributed by atoms with Crippen LogP contribution >= 0.6 is 24.8 Å². The lowest BCUT2D eigenvalue weighted by molar-refractivity contribution is 0.176. The molecule has 1 unspecified atom stereocenters. The molecule has 0 bridgehead atoms. The molecule has 2 heterocycles. The summed E-state index contributed by atoms with van der Waals surface area (Å²) in [5.41, 5.74) is 6.74. The molecule has 1 aliphatic heterocycles. The summed E-state index contributed by atoms with van der Waals surface area (Å²) in [7, 11) is 0. The van der Waals surface area contributed by atoms with Crippen molar-refractivity contribution in [2.24, 2.45) is 5.73 Å². The van der Waals surface area contributed by atoms with Crippen molar-refractivity contribution in [3.8, 4) is 0 Å². The molecule has 82 valence electrons. The number of imidazole rings is 1. The SMILES string of the molecule is Cc1cnc(C2(N)CCOC2)[nH]1.Cl.Cl. The molecule has 3 N–H and O–H groups in total. The first-order valence-electron chi connectivity index (χ1n) is 4.09. The summed E-state index contributed by atoms with van der Waals surface area (Å²) in [5.74, 6) is 0.845. The number of hydrogen-bond acceptors (Lipinski definition) is 3. The fourth-order valence-corrected chi connectivity index (χ4v) is 1.43. The maximum atomic E-state index is 6.07. The normalized spacial score (nSPS) is 25.3. The van der Waals surface area contributed by atoms with Crippen LogP contribution in [0.25, 0.3) is 0 Å². The predicted molar refractivity (Wildman–Crippen MR) is 59.1 cm³/mol. The minimum atomic E-state index is -0.381. The van der Waals surface area contributed by atoms with Gasteiger partial charge in [-0.15, -0.1) is 24.8 Å². The fourth-order valence-electron chi connectivity index (χ4n) is 1.43. The van der Waals surface area contributed by atoms with Crippen molar-refractivity contribution in [1.29, 1.82) is 0 Å². The summed E-state index contributed by atoms with van der Waals surface area (Å²) in [4.78, 5) is 7.35. The first kappa shape index (κ1) is 13.7. The Labute approximate surface area is 95.4 Å². The van der Waals surface area contributed by atoms with Gasteiger partial charge in [-0.05, 0) is 13.3 Å². The highest BCUT2D eigenvalue weighted by Gasteiger charge is 2.34. The van der Waals surface area contributed by atoms with Gasteiger partial charge in [0.2, 0.25) is 0 Å². The summed E-state index contributed by atoms with van der Waals surface area (Å²) < 4.78 is 5.24. The van der Waals surface area contributed by atoms with E-state index >= 15 is 0 Å². The number of aryl methyl sites for hydroxylation is 1. The zero-order valence-corrected chi connectivity index (χ0v) is 9.58. The summed E-state index contributed by atoms with van der Waals surface area (Å²) in [6.45, 7) is 3.27. The van der Waals surface area contributed by atoms with Gasteiger partial charge in [-0.2, -0.15) is 0 Å². The molecule has 6 heteroatoms. The second-order valence-corrected chi connectivity index (χ2v) is 3.37. The number of ether oxygens (including phenoxy) is 1. The zero-order valence-electron chi connectivity index (χ0n) is 7.95. The second-order valence-electron chi connectivity index (χ2n) is 3.37. The van der Waals surface area contributed by atoms with Gasteiger partial charge >= 0.3 is 0 Å². The lowest BCUT2D eigenvalue weighted by Gasteiger charge is -2.18. The van der Waals surface area contributed by atoms with E-state index in [4.69, 9.17) is 10.5 Å². The third-order valence-electron chi connectivity index (χ3n) is 2.23. The van der Waals surface area contributed by atoms with Crippen LogP contribution in [0.4, 0.5) is 0 Å². The quantitative estimate of drug-likeness (QED) is 0.773. The Hall–Kier alpha value is -0.290. The summed E-state index contributed by atoms with van der Waals surface area (Å²) in [5, 5.41) is 0. The molecule has 2 rings (SSSR count). The molecule has 0 amide bonds. The molecule has 1 saturated heterocycles. The van der Waals surface area contributed by atoms with Gasteiger partial charge in [-0.1, -0.05) is 0 Å². The molecular weight excluding hydrogens is 225 g/mol. The van der Waals surface area contributed by atoms with Crippen molar-refractivity contribution in [2.75, 3.05) is 13.2 Å². The Morgan fingerprint density at radius 3 is 2.71 bits per heavy atom. The van der Waals surface area contributed by atoms with E-state index in [1.165, 1.54) is 0 Å². The lowest BCUT2D eigenvalue weighted by Crippen LogP contribution is -2.38. The van der Waals surface area contributed by atoms with Gasteiger partial charge < -0.3 is 15.5 Å². The van der Waals surface area contributed by atoms with Crippen molar-refractivity contribution < 1.29 is 4.74 Å². The number of aromatic nitrogens is 2. The summed E-state index contributed by atoms with van der Waals surface area (Å²) in [6.07, 6.45) is 2.64. The molecule has 1 fully saturated rings. The number of halogens is 2. The van der Waals surface area contributed by atoms with Crippen LogP contribution in [0.3, 0.4) is 0 Å². The monoisotopic (exact) mass is 239 g/mol. The van der Waals surface area contributed by atoms with E-state index in [0.29, 0.717) is 6.61 Å². The fraction of sp³-hybridized carbons (Fsp3) is 0.625. The van der Waals surface area contributed by atoms with Crippen LogP contribution in [0.15, 0.2) is 6.20 Å². The van der Waals surface area contributed by atoms with Crippen LogP contribution in [-0.4, -0.2) is 23.2 Å². The van der Waals surface area contributed by atoms with Gasteiger partial charge in [0.1, 0.15) is 11.4 Å². The van der Waals surface area contributed by atoms with Crippen LogP contribution in [0.5, 0.6) is 0 Å². The van der Waals surface area contributed by atoms with Crippen molar-refractivity contribution in [2.45, 2.75) is 18.9 Å². The van der Waals surface area contributed by atoms with E-state index in [-0.39, 0.29) is 30.4 Å². The van der Waals surface area contributed by atoms with Gasteiger partial charge in [-0.25, -0.2) is 4.98 Å². The van der Waals surface area contributed by atoms with Crippen LogP contribution in [0.1, 0.15) is 17.9 Å². The van der Waals surface area contributed by atoms with E-state index in [1.807, 2.05) is 6.92 Å². The average molecular weight is 240 g/mol. The average Bonchev–Trinajstić information content (AvgIpc) is 2.59. The molecule has 0 spiro atoms. The van der Waals surface area contributed by atoms with E-state index in [0.717, 1.165) is 24.5 Å². The molecule has 0 saturated carbocycles. The van der Waals surface area contributed by atoms with Gasteiger partial charge in [0.25, 0.3) is 0 Å². The molecule has 1 aromatic rings. The number of aromatic amines is 1. The van der Waals surface area contributed by atoms with Crippen LogP contribution in [0.2, 0.25) is 0 Å². The smallest absolute Gasteiger partial charge is 0.128 e. The Kier molecular flexibility index (Phi) is 4.88. The van der Waals surface area contributed by atoms with E-state index < -0.39 is 0 Å². The molecule has 1 aliphatic rings. The van der Waals surface area contributed by atoms with Gasteiger partial charge in [0, 0.05) is 18.5 Å². The Balaban J connectivity index is 0.000000845. The highest BCUT2D eigenvalue weighted by atomic mass is 35.5. The molecule has 0 aliphatic carbocycles. The molecule has 0 aromatic carbocycles. The highest BCUT2D eigenvalue weighted by molar-refractivity contribution is 5.85. The van der Waals surface area contributed by atoms with Crippen molar-refractivity contribution in [1.82, 2.24) is 9.97 Å². The topological polar surface area (TPSA) is 63.9 Å². The van der Waals surface area contributed by atoms with Crippen molar-refractivity contribution in [3.05, 3.63) is 17.7 Å². The minimum Gasteiger partial charge on any atom is -0.379 e. The lowest BCUT2D eigenvalue weighted by atomic mass is 10.00. The van der Waals surface area contributed by atoms with E-state index in [1.54, 1.807) is 6.20 Å². The molecule has 1 atom stereocenters. The van der Waals surface area contributed by atoms with Gasteiger partial charge in [0.05, 0.1) is 6.61 Å². The number of hydrogen-bond donors (Lipinski definition) is 2. The van der Waals surface area contributed by atoms with Gasteiger partial charge in [-0.3, -0.25) is 0 Å². The predicted octanol–water partition coefficient (Wildman–Crippen LogP) is 1.14. The number of nitrogens with two attached hydrogens (primary N) is 1. The molecular formula is C8H15Cl2N3O. The van der Waals surface area contributed by atoms with Crippen molar-refractivity contribution >= 4 is 24.8 Å². The zero-order chi connectivity index (χ0) is 8.60. The van der Waals surface area contributed by atoms with Crippen LogP contribution in [-0.2, 0) is 10.3 Å². The Morgan fingerprint density at radius 1 is 1.57 bits per heavy atom. The van der Waals surface area contributed by atoms with Crippen LogP contribution in [0, 0.1) is 6.92 Å². The molecule has 14 heavy (non-hydrogen) atoms. The third-order valence-corrected chi connectivity index (χ3v) is 2.23. The minimum absolute atomic E-state index is 0. The summed E-state index contributed by atoms with van der Waals surface area (Å²) in [6, 6.07) is 0. The maximum Gasteiger partial charge on any atom is 0.128 e. The number of nitrogens with zero attached hydrogens (tertiary/aromatic N) is 1. The van der Waals surface area contributed by atoms with Crippen molar-refractivity contribution in [3.63, 3.8) is 0 Å². The van der Waals surface area contributed by atoms with Gasteiger partial charge in [0.15, 0.2) is 0 Å². The first-order chi connectivity index (χ1) is 5.71. The number of rotatable bonds is 1. The maximum absolute atomic E-state index is 6.07. The first-order valence-corrected chi connectivity index (χ1v) is 4.09. The van der Waals surface area contributed by atoms with E-state index in [9.17, 15) is 0 Å². The Bertz CT molecular complexity index is 284.